The molecule has 0 bridgehead atoms. The first-order chi connectivity index (χ1) is 9.02. The second-order valence-corrected chi connectivity index (χ2v) is 5.75. The highest BCUT2D eigenvalue weighted by molar-refractivity contribution is 5.55. The summed E-state index contributed by atoms with van der Waals surface area (Å²) in [7, 11) is 2.12. The van der Waals surface area contributed by atoms with Gasteiger partial charge in [0.15, 0.2) is 0 Å². The molecule has 0 N–H and O–H groups in total. The Morgan fingerprint density at radius 1 is 1.32 bits per heavy atom. The van der Waals surface area contributed by atoms with Gasteiger partial charge in [0.2, 0.25) is 0 Å². The highest BCUT2D eigenvalue weighted by Gasteiger charge is 2.29. The van der Waals surface area contributed by atoms with Crippen molar-refractivity contribution >= 4 is 5.69 Å². The molecular formula is C16H23N3. The zero-order chi connectivity index (χ0) is 14.0. The molecule has 1 aliphatic heterocycles. The van der Waals surface area contributed by atoms with Crippen molar-refractivity contribution < 1.29 is 0 Å². The molecule has 0 amide bonds. The van der Waals surface area contributed by atoms with Crippen molar-refractivity contribution in [1.29, 1.82) is 5.26 Å². The molecule has 3 nitrogen and oxygen atoms in total. The van der Waals surface area contributed by atoms with Crippen molar-refractivity contribution in [3.05, 3.63) is 29.3 Å². The van der Waals surface area contributed by atoms with E-state index >= 15 is 0 Å². The van der Waals surface area contributed by atoms with Gasteiger partial charge in [-0.15, -0.1) is 0 Å². The molecule has 0 saturated carbocycles. The van der Waals surface area contributed by atoms with E-state index in [4.69, 9.17) is 5.26 Å². The molecule has 0 spiro atoms. The molecule has 1 heterocycles. The lowest BCUT2D eigenvalue weighted by Gasteiger charge is -2.45. The van der Waals surface area contributed by atoms with Crippen LogP contribution in [0.2, 0.25) is 0 Å². The van der Waals surface area contributed by atoms with Gasteiger partial charge in [-0.05, 0) is 39.4 Å². The Kier molecular flexibility index (Phi) is 4.11. The van der Waals surface area contributed by atoms with E-state index in [0.717, 1.165) is 13.1 Å². The minimum Gasteiger partial charge on any atom is -0.366 e. The van der Waals surface area contributed by atoms with Gasteiger partial charge in [-0.3, -0.25) is 4.90 Å². The quantitative estimate of drug-likeness (QED) is 0.816. The van der Waals surface area contributed by atoms with Crippen LogP contribution in [0.15, 0.2) is 18.2 Å². The standard InChI is InChI=1S/C16H23N3/c1-12-5-6-16(13(2)9-12)19-11-15(7-8-17)18(4)10-14(19)3/h5-6,9,14-15H,7,10-11H2,1-4H3. The second kappa shape index (κ2) is 5.63. The summed E-state index contributed by atoms with van der Waals surface area (Å²) < 4.78 is 0. The summed E-state index contributed by atoms with van der Waals surface area (Å²) in [6, 6.07) is 9.76. The van der Waals surface area contributed by atoms with Gasteiger partial charge in [0.25, 0.3) is 0 Å². The first kappa shape index (κ1) is 13.9. The van der Waals surface area contributed by atoms with Gasteiger partial charge in [0, 0.05) is 30.9 Å². The minimum atomic E-state index is 0.335. The molecule has 2 rings (SSSR count). The lowest BCUT2D eigenvalue weighted by Crippen LogP contribution is -2.56. The van der Waals surface area contributed by atoms with E-state index in [-0.39, 0.29) is 0 Å². The Morgan fingerprint density at radius 2 is 2.05 bits per heavy atom. The molecule has 3 heteroatoms. The molecule has 1 fully saturated rings. The van der Waals surface area contributed by atoms with Gasteiger partial charge >= 0.3 is 0 Å². The average molecular weight is 257 g/mol. The van der Waals surface area contributed by atoms with Crippen LogP contribution in [0.4, 0.5) is 5.69 Å². The third-order valence-corrected chi connectivity index (χ3v) is 4.10. The van der Waals surface area contributed by atoms with E-state index in [1.165, 1.54) is 16.8 Å². The van der Waals surface area contributed by atoms with Crippen molar-refractivity contribution in [3.63, 3.8) is 0 Å². The van der Waals surface area contributed by atoms with Gasteiger partial charge in [-0.25, -0.2) is 0 Å². The van der Waals surface area contributed by atoms with Crippen molar-refractivity contribution in [2.75, 3.05) is 25.0 Å². The van der Waals surface area contributed by atoms with Crippen molar-refractivity contribution in [2.24, 2.45) is 0 Å². The second-order valence-electron chi connectivity index (χ2n) is 5.75. The largest absolute Gasteiger partial charge is 0.366 e. The molecule has 1 saturated heterocycles. The Morgan fingerprint density at radius 3 is 2.68 bits per heavy atom. The minimum absolute atomic E-state index is 0.335. The molecule has 102 valence electrons. The Bertz CT molecular complexity index is 489. The van der Waals surface area contributed by atoms with Crippen LogP contribution in [0, 0.1) is 25.2 Å². The van der Waals surface area contributed by atoms with Crippen LogP contribution in [0.25, 0.3) is 0 Å². The molecule has 0 aromatic heterocycles. The van der Waals surface area contributed by atoms with E-state index in [0.29, 0.717) is 18.5 Å². The molecule has 2 unspecified atom stereocenters. The third kappa shape index (κ3) is 2.90. The summed E-state index contributed by atoms with van der Waals surface area (Å²) in [6.45, 7) is 8.52. The number of anilines is 1. The summed E-state index contributed by atoms with van der Waals surface area (Å²) in [6.07, 6.45) is 0.602. The van der Waals surface area contributed by atoms with Crippen LogP contribution in [-0.4, -0.2) is 37.1 Å². The van der Waals surface area contributed by atoms with Gasteiger partial charge in [-0.2, -0.15) is 5.26 Å². The maximum atomic E-state index is 8.95. The first-order valence-electron chi connectivity index (χ1n) is 6.94. The molecule has 1 aliphatic rings. The summed E-state index contributed by atoms with van der Waals surface area (Å²) in [5.74, 6) is 0. The normalized spacial score (nSPS) is 24.3. The molecule has 0 aliphatic carbocycles. The number of aryl methyl sites for hydroxylation is 2. The van der Waals surface area contributed by atoms with E-state index in [1.54, 1.807) is 0 Å². The Hall–Kier alpha value is -1.53. The summed E-state index contributed by atoms with van der Waals surface area (Å²) in [5.41, 5.74) is 3.94. The average Bonchev–Trinajstić information content (AvgIpc) is 2.34. The highest BCUT2D eigenvalue weighted by Crippen LogP contribution is 2.27. The predicted molar refractivity (Wildman–Crippen MR) is 79.4 cm³/mol. The Labute approximate surface area is 116 Å². The van der Waals surface area contributed by atoms with Crippen LogP contribution in [0.1, 0.15) is 24.5 Å². The van der Waals surface area contributed by atoms with Crippen molar-refractivity contribution in [3.8, 4) is 6.07 Å². The number of nitriles is 1. The topological polar surface area (TPSA) is 30.3 Å². The number of likely N-dealkylation sites (N-methyl/N-ethyl adjacent to an activating group) is 1. The number of nitrogens with zero attached hydrogens (tertiary/aromatic N) is 3. The fraction of sp³-hybridized carbons (Fsp3) is 0.562. The fourth-order valence-electron chi connectivity index (χ4n) is 3.00. The molecule has 19 heavy (non-hydrogen) atoms. The molecule has 2 atom stereocenters. The van der Waals surface area contributed by atoms with Crippen molar-refractivity contribution in [2.45, 2.75) is 39.3 Å². The smallest absolute Gasteiger partial charge is 0.0638 e. The van der Waals surface area contributed by atoms with E-state index < -0.39 is 0 Å². The summed E-state index contributed by atoms with van der Waals surface area (Å²) in [4.78, 5) is 4.77. The molecular weight excluding hydrogens is 234 g/mol. The summed E-state index contributed by atoms with van der Waals surface area (Å²) in [5, 5.41) is 8.95. The van der Waals surface area contributed by atoms with E-state index in [1.807, 2.05) is 0 Å². The molecule has 0 radical (unpaired) electrons. The maximum Gasteiger partial charge on any atom is 0.0638 e. The van der Waals surface area contributed by atoms with Gasteiger partial charge < -0.3 is 4.90 Å². The zero-order valence-electron chi connectivity index (χ0n) is 12.3. The monoisotopic (exact) mass is 257 g/mol. The number of piperazine rings is 1. The predicted octanol–water partition coefficient (Wildman–Crippen LogP) is 2.73. The number of hydrogen-bond donors (Lipinski definition) is 0. The van der Waals surface area contributed by atoms with E-state index in [9.17, 15) is 0 Å². The van der Waals surface area contributed by atoms with Gasteiger partial charge in [0.1, 0.15) is 0 Å². The van der Waals surface area contributed by atoms with Crippen LogP contribution >= 0.6 is 0 Å². The van der Waals surface area contributed by atoms with Crippen molar-refractivity contribution in [1.82, 2.24) is 4.90 Å². The lowest BCUT2D eigenvalue weighted by atomic mass is 10.0. The van der Waals surface area contributed by atoms with Crippen LogP contribution in [-0.2, 0) is 0 Å². The maximum absolute atomic E-state index is 8.95. The number of benzene rings is 1. The van der Waals surface area contributed by atoms with E-state index in [2.05, 4.69) is 61.9 Å². The van der Waals surface area contributed by atoms with Crippen LogP contribution < -0.4 is 4.90 Å². The first-order valence-corrected chi connectivity index (χ1v) is 6.94. The van der Waals surface area contributed by atoms with Crippen LogP contribution in [0.5, 0.6) is 0 Å². The zero-order valence-corrected chi connectivity index (χ0v) is 12.3. The SMILES string of the molecule is Cc1ccc(N2CC(CC#N)N(C)CC2C)c(C)c1. The summed E-state index contributed by atoms with van der Waals surface area (Å²) >= 11 is 0. The molecule has 1 aromatic carbocycles. The lowest BCUT2D eigenvalue weighted by molar-refractivity contribution is 0.194. The van der Waals surface area contributed by atoms with Gasteiger partial charge in [-0.1, -0.05) is 17.7 Å². The Balaban J connectivity index is 2.25. The fourth-order valence-corrected chi connectivity index (χ4v) is 3.00. The highest BCUT2D eigenvalue weighted by atomic mass is 15.3. The number of rotatable bonds is 2. The van der Waals surface area contributed by atoms with Crippen LogP contribution in [0.3, 0.4) is 0 Å². The van der Waals surface area contributed by atoms with Gasteiger partial charge in [0.05, 0.1) is 12.5 Å². The third-order valence-electron chi connectivity index (χ3n) is 4.10. The number of hydrogen-bond acceptors (Lipinski definition) is 3. The molecule has 1 aromatic rings.